The van der Waals surface area contributed by atoms with Crippen LogP contribution < -0.4 is 14.8 Å². The van der Waals surface area contributed by atoms with Crippen LogP contribution in [0.5, 0.6) is 11.5 Å². The minimum atomic E-state index is -0.191. The van der Waals surface area contributed by atoms with Gasteiger partial charge in [-0.15, -0.1) is 0 Å². The number of para-hydroxylation sites is 1. The van der Waals surface area contributed by atoms with Crippen LogP contribution in [0.3, 0.4) is 0 Å². The number of likely N-dealkylation sites (N-methyl/N-ethyl adjacent to an activating group) is 1. The second-order valence-electron chi connectivity index (χ2n) is 5.53. The van der Waals surface area contributed by atoms with Crippen molar-refractivity contribution in [3.63, 3.8) is 0 Å². The fourth-order valence-corrected chi connectivity index (χ4v) is 2.89. The van der Waals surface area contributed by atoms with Crippen LogP contribution in [-0.2, 0) is 4.79 Å². The molecule has 140 valence electrons. The van der Waals surface area contributed by atoms with E-state index in [0.29, 0.717) is 45.4 Å². The summed E-state index contributed by atoms with van der Waals surface area (Å²) in [6.07, 6.45) is 0. The first-order valence-corrected chi connectivity index (χ1v) is 8.93. The van der Waals surface area contributed by atoms with Crippen LogP contribution in [0.25, 0.3) is 0 Å². The van der Waals surface area contributed by atoms with Gasteiger partial charge in [0, 0.05) is 11.6 Å². The van der Waals surface area contributed by atoms with Gasteiger partial charge in [0.25, 0.3) is 0 Å². The van der Waals surface area contributed by atoms with Gasteiger partial charge in [-0.05, 0) is 37.4 Å². The zero-order chi connectivity index (χ0) is 19.1. The second-order valence-corrected chi connectivity index (χ2v) is 6.78. The normalized spacial score (nSPS) is 10.7. The molecule has 0 aliphatic rings. The average molecular weight is 418 g/mol. The maximum atomic E-state index is 12.2. The SMILES string of the molecule is COc1ccc(Cl)cc1NC(=O)CN(C)CCOc1c(Cl)cccc1Cl. The highest BCUT2D eigenvalue weighted by Gasteiger charge is 2.12. The Morgan fingerprint density at radius 3 is 2.50 bits per heavy atom. The molecule has 0 radical (unpaired) electrons. The number of nitrogens with zero attached hydrogens (tertiary/aromatic N) is 1. The first-order valence-electron chi connectivity index (χ1n) is 7.79. The topological polar surface area (TPSA) is 50.8 Å². The van der Waals surface area contributed by atoms with Crippen molar-refractivity contribution in [1.82, 2.24) is 4.90 Å². The van der Waals surface area contributed by atoms with Crippen molar-refractivity contribution < 1.29 is 14.3 Å². The standard InChI is InChI=1S/C18H19Cl3N2O3/c1-23(8-9-26-18-13(20)4-3-5-14(18)21)11-17(24)22-15-10-12(19)6-7-16(15)25-2/h3-7,10H,8-9,11H2,1-2H3,(H,22,24). The summed E-state index contributed by atoms with van der Waals surface area (Å²) in [6.45, 7) is 1.03. The number of hydrogen-bond acceptors (Lipinski definition) is 4. The minimum absolute atomic E-state index is 0.176. The Labute approximate surface area is 167 Å². The lowest BCUT2D eigenvalue weighted by atomic mass is 10.3. The van der Waals surface area contributed by atoms with Crippen LogP contribution in [0.2, 0.25) is 15.1 Å². The van der Waals surface area contributed by atoms with E-state index in [-0.39, 0.29) is 12.5 Å². The second kappa shape index (κ2) is 9.88. The summed E-state index contributed by atoms with van der Waals surface area (Å²) in [5.74, 6) is 0.795. The molecule has 0 aliphatic carbocycles. The van der Waals surface area contributed by atoms with Crippen molar-refractivity contribution in [2.24, 2.45) is 0 Å². The Bertz CT molecular complexity index is 751. The molecular weight excluding hydrogens is 399 g/mol. The monoisotopic (exact) mass is 416 g/mol. The van der Waals surface area contributed by atoms with Gasteiger partial charge in [0.15, 0.2) is 5.75 Å². The van der Waals surface area contributed by atoms with Crippen LogP contribution in [-0.4, -0.2) is 44.7 Å². The third-order valence-electron chi connectivity index (χ3n) is 3.49. The highest BCUT2D eigenvalue weighted by molar-refractivity contribution is 6.37. The maximum absolute atomic E-state index is 12.2. The first-order chi connectivity index (χ1) is 12.4. The van der Waals surface area contributed by atoms with Crippen molar-refractivity contribution in [3.8, 4) is 11.5 Å². The number of rotatable bonds is 8. The summed E-state index contributed by atoms with van der Waals surface area (Å²) in [5.41, 5.74) is 0.525. The number of nitrogens with one attached hydrogen (secondary N) is 1. The fourth-order valence-electron chi connectivity index (χ4n) is 2.22. The van der Waals surface area contributed by atoms with Crippen LogP contribution in [0, 0.1) is 0 Å². The molecule has 0 atom stereocenters. The van der Waals surface area contributed by atoms with Gasteiger partial charge in [0.2, 0.25) is 5.91 Å². The molecule has 8 heteroatoms. The van der Waals surface area contributed by atoms with E-state index < -0.39 is 0 Å². The van der Waals surface area contributed by atoms with Crippen LogP contribution >= 0.6 is 34.8 Å². The van der Waals surface area contributed by atoms with Crippen molar-refractivity contribution in [2.45, 2.75) is 0 Å². The Kier molecular flexibility index (Phi) is 7.85. The number of benzene rings is 2. The van der Waals surface area contributed by atoms with E-state index in [0.717, 1.165) is 0 Å². The van der Waals surface area contributed by atoms with Crippen molar-refractivity contribution >= 4 is 46.4 Å². The summed E-state index contributed by atoms with van der Waals surface area (Å²) >= 11 is 18.1. The van der Waals surface area contributed by atoms with E-state index >= 15 is 0 Å². The van der Waals surface area contributed by atoms with Gasteiger partial charge in [0.05, 0.1) is 29.4 Å². The molecule has 0 aliphatic heterocycles. The van der Waals surface area contributed by atoms with E-state index in [1.807, 2.05) is 11.9 Å². The van der Waals surface area contributed by atoms with E-state index in [1.165, 1.54) is 7.11 Å². The molecule has 26 heavy (non-hydrogen) atoms. The van der Waals surface area contributed by atoms with Crippen LogP contribution in [0.1, 0.15) is 0 Å². The number of carbonyl (C=O) groups excluding carboxylic acids is 1. The number of halogens is 3. The van der Waals surface area contributed by atoms with Gasteiger partial charge in [-0.25, -0.2) is 0 Å². The molecule has 2 aromatic carbocycles. The summed E-state index contributed by atoms with van der Waals surface area (Å²) in [7, 11) is 3.34. The van der Waals surface area contributed by atoms with Gasteiger partial charge in [-0.3, -0.25) is 9.69 Å². The third-order valence-corrected chi connectivity index (χ3v) is 4.32. The molecule has 0 heterocycles. The summed E-state index contributed by atoms with van der Waals surface area (Å²) < 4.78 is 10.8. The highest BCUT2D eigenvalue weighted by atomic mass is 35.5. The lowest BCUT2D eigenvalue weighted by Gasteiger charge is -2.18. The maximum Gasteiger partial charge on any atom is 0.238 e. The number of methoxy groups -OCH3 is 1. The Hall–Kier alpha value is -1.66. The van der Waals surface area contributed by atoms with E-state index in [1.54, 1.807) is 36.4 Å². The molecule has 5 nitrogen and oxygen atoms in total. The molecule has 1 amide bonds. The van der Waals surface area contributed by atoms with E-state index in [2.05, 4.69) is 5.32 Å². The van der Waals surface area contributed by atoms with Crippen molar-refractivity contribution in [3.05, 3.63) is 51.5 Å². The van der Waals surface area contributed by atoms with E-state index in [9.17, 15) is 4.79 Å². The summed E-state index contributed by atoms with van der Waals surface area (Å²) in [4.78, 5) is 14.0. The molecular formula is C18H19Cl3N2O3. The third kappa shape index (κ3) is 5.95. The number of hydrogen-bond donors (Lipinski definition) is 1. The Morgan fingerprint density at radius 1 is 1.15 bits per heavy atom. The fraction of sp³-hybridized carbons (Fsp3) is 0.278. The summed E-state index contributed by atoms with van der Waals surface area (Å²) in [6, 6.07) is 10.2. The van der Waals surface area contributed by atoms with Crippen molar-refractivity contribution in [1.29, 1.82) is 0 Å². The molecule has 0 fully saturated rings. The lowest BCUT2D eigenvalue weighted by molar-refractivity contribution is -0.117. The Morgan fingerprint density at radius 2 is 1.85 bits per heavy atom. The quantitative estimate of drug-likeness (QED) is 0.682. The molecule has 0 aromatic heterocycles. The zero-order valence-electron chi connectivity index (χ0n) is 14.4. The predicted octanol–water partition coefficient (Wildman–Crippen LogP) is 4.60. The van der Waals surface area contributed by atoms with Crippen LogP contribution in [0.4, 0.5) is 5.69 Å². The molecule has 0 spiro atoms. The van der Waals surface area contributed by atoms with Crippen molar-refractivity contribution in [2.75, 3.05) is 39.2 Å². The highest BCUT2D eigenvalue weighted by Crippen LogP contribution is 2.32. The van der Waals surface area contributed by atoms with Gasteiger partial charge < -0.3 is 14.8 Å². The molecule has 0 saturated carbocycles. The number of amides is 1. The zero-order valence-corrected chi connectivity index (χ0v) is 16.7. The molecule has 0 saturated heterocycles. The molecule has 2 aromatic rings. The molecule has 0 unspecified atom stereocenters. The van der Waals surface area contributed by atoms with Gasteiger partial charge in [-0.1, -0.05) is 40.9 Å². The van der Waals surface area contributed by atoms with Gasteiger partial charge in [-0.2, -0.15) is 0 Å². The lowest BCUT2D eigenvalue weighted by Crippen LogP contribution is -2.33. The molecule has 0 bridgehead atoms. The largest absolute Gasteiger partial charge is 0.495 e. The number of carbonyl (C=O) groups is 1. The molecule has 2 rings (SSSR count). The smallest absolute Gasteiger partial charge is 0.238 e. The predicted molar refractivity (Wildman–Crippen MR) is 106 cm³/mol. The number of ether oxygens (including phenoxy) is 2. The minimum Gasteiger partial charge on any atom is -0.495 e. The van der Waals surface area contributed by atoms with Gasteiger partial charge in [0.1, 0.15) is 12.4 Å². The molecule has 1 N–H and O–H groups in total. The number of anilines is 1. The van der Waals surface area contributed by atoms with Gasteiger partial charge >= 0.3 is 0 Å². The average Bonchev–Trinajstić information content (AvgIpc) is 2.57. The first kappa shape index (κ1) is 20.6. The van der Waals surface area contributed by atoms with E-state index in [4.69, 9.17) is 44.3 Å². The Balaban J connectivity index is 1.83. The van der Waals surface area contributed by atoms with Crippen LogP contribution in [0.15, 0.2) is 36.4 Å². The summed E-state index contributed by atoms with van der Waals surface area (Å²) in [5, 5.41) is 4.20.